The van der Waals surface area contributed by atoms with Crippen LogP contribution in [0.15, 0.2) is 12.1 Å². The van der Waals surface area contributed by atoms with E-state index in [1.54, 1.807) is 0 Å². The van der Waals surface area contributed by atoms with E-state index in [1.165, 1.54) is 0 Å². The fraction of sp³-hybridized carbons (Fsp3) is 0.500. The van der Waals surface area contributed by atoms with Gasteiger partial charge in [0.05, 0.1) is 22.9 Å². The number of hydrogen-bond acceptors (Lipinski definition) is 3. The SMILES string of the molecule is Cc1cc(N)c(Cl)cc1N(C)C(C)(C)CO. The molecular weight excluding hydrogens is 224 g/mol. The van der Waals surface area contributed by atoms with Crippen LogP contribution in [0.2, 0.25) is 5.02 Å². The van der Waals surface area contributed by atoms with Gasteiger partial charge in [-0.25, -0.2) is 0 Å². The molecule has 1 aromatic rings. The van der Waals surface area contributed by atoms with Crippen LogP contribution in [0.5, 0.6) is 0 Å². The summed E-state index contributed by atoms with van der Waals surface area (Å²) in [5.41, 5.74) is 8.02. The molecule has 0 saturated heterocycles. The molecular formula is C12H19ClN2O. The van der Waals surface area contributed by atoms with Crippen LogP contribution in [-0.4, -0.2) is 24.3 Å². The molecule has 0 aromatic heterocycles. The first-order valence-electron chi connectivity index (χ1n) is 5.20. The molecule has 0 amide bonds. The van der Waals surface area contributed by atoms with E-state index in [4.69, 9.17) is 17.3 Å². The Bertz CT molecular complexity index is 391. The van der Waals surface area contributed by atoms with Crippen LogP contribution in [0.1, 0.15) is 19.4 Å². The highest BCUT2D eigenvalue weighted by Crippen LogP contribution is 2.31. The number of aliphatic hydroxyl groups is 1. The molecule has 4 heteroatoms. The van der Waals surface area contributed by atoms with Gasteiger partial charge in [-0.15, -0.1) is 0 Å². The fourth-order valence-electron chi connectivity index (χ4n) is 1.49. The number of anilines is 2. The van der Waals surface area contributed by atoms with Gasteiger partial charge in [-0.05, 0) is 38.5 Å². The summed E-state index contributed by atoms with van der Waals surface area (Å²) >= 11 is 6.01. The lowest BCUT2D eigenvalue weighted by atomic mass is 10.0. The molecule has 0 spiro atoms. The zero-order valence-corrected chi connectivity index (χ0v) is 11.0. The highest BCUT2D eigenvalue weighted by atomic mass is 35.5. The number of aryl methyl sites for hydroxylation is 1. The maximum Gasteiger partial charge on any atom is 0.0658 e. The van der Waals surface area contributed by atoms with Crippen LogP contribution in [0.25, 0.3) is 0 Å². The number of likely N-dealkylation sites (N-methyl/N-ethyl adjacent to an activating group) is 1. The molecule has 0 radical (unpaired) electrons. The van der Waals surface area contributed by atoms with Crippen molar-refractivity contribution in [2.45, 2.75) is 26.3 Å². The Labute approximate surface area is 102 Å². The van der Waals surface area contributed by atoms with E-state index in [9.17, 15) is 5.11 Å². The van der Waals surface area contributed by atoms with Crippen molar-refractivity contribution >= 4 is 23.0 Å². The number of rotatable bonds is 3. The molecule has 1 aromatic carbocycles. The molecule has 0 heterocycles. The fourth-order valence-corrected chi connectivity index (χ4v) is 1.64. The first kappa shape index (κ1) is 13.1. The molecule has 0 unspecified atom stereocenters. The lowest BCUT2D eigenvalue weighted by Crippen LogP contribution is -2.44. The molecule has 0 saturated carbocycles. The molecule has 0 aliphatic heterocycles. The van der Waals surface area contributed by atoms with Crippen LogP contribution in [-0.2, 0) is 0 Å². The van der Waals surface area contributed by atoms with Crippen LogP contribution >= 0.6 is 11.6 Å². The van der Waals surface area contributed by atoms with Gasteiger partial charge in [0.2, 0.25) is 0 Å². The van der Waals surface area contributed by atoms with Crippen molar-refractivity contribution in [1.82, 2.24) is 0 Å². The highest BCUT2D eigenvalue weighted by Gasteiger charge is 2.24. The largest absolute Gasteiger partial charge is 0.398 e. The molecule has 0 aliphatic carbocycles. The van der Waals surface area contributed by atoms with Crippen molar-refractivity contribution < 1.29 is 5.11 Å². The highest BCUT2D eigenvalue weighted by molar-refractivity contribution is 6.33. The zero-order valence-electron chi connectivity index (χ0n) is 10.2. The maximum absolute atomic E-state index is 9.34. The molecule has 0 atom stereocenters. The molecule has 0 bridgehead atoms. The second-order valence-corrected chi connectivity index (χ2v) is 5.10. The second kappa shape index (κ2) is 4.52. The summed E-state index contributed by atoms with van der Waals surface area (Å²) in [5.74, 6) is 0. The van der Waals surface area contributed by atoms with E-state index in [-0.39, 0.29) is 12.1 Å². The number of halogens is 1. The molecule has 1 rings (SSSR count). The minimum atomic E-state index is -0.329. The summed E-state index contributed by atoms with van der Waals surface area (Å²) in [7, 11) is 1.94. The van der Waals surface area contributed by atoms with Gasteiger partial charge in [0.1, 0.15) is 0 Å². The Morgan fingerprint density at radius 3 is 2.50 bits per heavy atom. The van der Waals surface area contributed by atoms with Crippen molar-refractivity contribution in [3.05, 3.63) is 22.7 Å². The predicted octanol–water partition coefficient (Wildman–Crippen LogP) is 2.44. The Balaban J connectivity index is 3.19. The second-order valence-electron chi connectivity index (χ2n) is 4.69. The van der Waals surface area contributed by atoms with Crippen LogP contribution in [0.4, 0.5) is 11.4 Å². The van der Waals surface area contributed by atoms with E-state index in [0.29, 0.717) is 10.7 Å². The number of aliphatic hydroxyl groups excluding tert-OH is 1. The van der Waals surface area contributed by atoms with Gasteiger partial charge in [-0.3, -0.25) is 0 Å². The number of benzene rings is 1. The maximum atomic E-state index is 9.34. The van der Waals surface area contributed by atoms with Crippen LogP contribution in [0.3, 0.4) is 0 Å². The van der Waals surface area contributed by atoms with Crippen molar-refractivity contribution in [3.63, 3.8) is 0 Å². The summed E-state index contributed by atoms with van der Waals surface area (Å²) in [6.07, 6.45) is 0. The Kier molecular flexibility index (Phi) is 3.71. The van der Waals surface area contributed by atoms with Gasteiger partial charge in [0.25, 0.3) is 0 Å². The number of nitrogens with zero attached hydrogens (tertiary/aromatic N) is 1. The smallest absolute Gasteiger partial charge is 0.0658 e. The third-order valence-electron chi connectivity index (χ3n) is 2.97. The summed E-state index contributed by atoms with van der Waals surface area (Å²) in [5, 5.41) is 9.88. The predicted molar refractivity (Wildman–Crippen MR) is 70.2 cm³/mol. The molecule has 3 N–H and O–H groups in total. The Morgan fingerprint density at radius 1 is 1.44 bits per heavy atom. The van der Waals surface area contributed by atoms with E-state index < -0.39 is 0 Å². The average Bonchev–Trinajstić information content (AvgIpc) is 2.22. The lowest BCUT2D eigenvalue weighted by molar-refractivity contribution is 0.216. The van der Waals surface area contributed by atoms with Gasteiger partial charge >= 0.3 is 0 Å². The Morgan fingerprint density at radius 2 is 2.00 bits per heavy atom. The van der Waals surface area contributed by atoms with Gasteiger partial charge in [0.15, 0.2) is 0 Å². The van der Waals surface area contributed by atoms with Gasteiger partial charge < -0.3 is 15.7 Å². The summed E-state index contributed by atoms with van der Waals surface area (Å²) in [6, 6.07) is 3.69. The van der Waals surface area contributed by atoms with Gasteiger partial charge in [0, 0.05) is 12.7 Å². The standard InChI is InChI=1S/C12H19ClN2O/c1-8-5-10(14)9(13)6-11(8)15(4)12(2,3)7-16/h5-6,16H,7,14H2,1-4H3. The van der Waals surface area contributed by atoms with Gasteiger partial charge in [-0.2, -0.15) is 0 Å². The van der Waals surface area contributed by atoms with Crippen molar-refractivity contribution in [2.75, 3.05) is 24.3 Å². The first-order valence-corrected chi connectivity index (χ1v) is 5.57. The van der Waals surface area contributed by atoms with Gasteiger partial charge in [-0.1, -0.05) is 11.6 Å². The summed E-state index contributed by atoms with van der Waals surface area (Å²) < 4.78 is 0. The van der Waals surface area contributed by atoms with Crippen molar-refractivity contribution in [2.24, 2.45) is 0 Å². The van der Waals surface area contributed by atoms with Crippen molar-refractivity contribution in [3.8, 4) is 0 Å². The average molecular weight is 243 g/mol. The monoisotopic (exact) mass is 242 g/mol. The normalized spacial score (nSPS) is 11.6. The number of hydrogen-bond donors (Lipinski definition) is 2. The minimum Gasteiger partial charge on any atom is -0.398 e. The topological polar surface area (TPSA) is 49.5 Å². The molecule has 3 nitrogen and oxygen atoms in total. The zero-order chi connectivity index (χ0) is 12.5. The van der Waals surface area contributed by atoms with Crippen molar-refractivity contribution in [1.29, 1.82) is 0 Å². The third-order valence-corrected chi connectivity index (χ3v) is 3.30. The van der Waals surface area contributed by atoms with Crippen LogP contribution < -0.4 is 10.6 Å². The third kappa shape index (κ3) is 2.42. The van der Waals surface area contributed by atoms with E-state index >= 15 is 0 Å². The number of nitrogen functional groups attached to an aromatic ring is 1. The van der Waals surface area contributed by atoms with E-state index in [0.717, 1.165) is 11.3 Å². The summed E-state index contributed by atoms with van der Waals surface area (Å²) in [6.45, 7) is 5.99. The molecule has 0 fully saturated rings. The molecule has 0 aliphatic rings. The first-order chi connectivity index (χ1) is 7.29. The molecule has 16 heavy (non-hydrogen) atoms. The quantitative estimate of drug-likeness (QED) is 0.801. The minimum absolute atomic E-state index is 0.0743. The van der Waals surface area contributed by atoms with E-state index in [1.807, 2.05) is 44.9 Å². The molecule has 90 valence electrons. The summed E-state index contributed by atoms with van der Waals surface area (Å²) in [4.78, 5) is 2.01. The Hall–Kier alpha value is -0.930. The number of nitrogens with two attached hydrogens (primary N) is 1. The van der Waals surface area contributed by atoms with E-state index in [2.05, 4.69) is 0 Å². The lowest BCUT2D eigenvalue weighted by Gasteiger charge is -2.37. The van der Waals surface area contributed by atoms with Crippen LogP contribution in [0, 0.1) is 6.92 Å².